The molecule has 1 N–H and O–H groups in total. The molecule has 0 aliphatic carbocycles. The third kappa shape index (κ3) is 2.73. The van der Waals surface area contributed by atoms with Gasteiger partial charge in [-0.2, -0.15) is 0 Å². The van der Waals surface area contributed by atoms with Gasteiger partial charge in [-0.3, -0.25) is 0 Å². The summed E-state index contributed by atoms with van der Waals surface area (Å²) < 4.78 is 5.90. The first-order valence-corrected chi connectivity index (χ1v) is 7.58. The zero-order valence-corrected chi connectivity index (χ0v) is 15.5. The van der Waals surface area contributed by atoms with Crippen molar-refractivity contribution in [3.63, 3.8) is 0 Å². The van der Waals surface area contributed by atoms with Crippen molar-refractivity contribution < 1.29 is 44.2 Å². The van der Waals surface area contributed by atoms with Gasteiger partial charge in [0.05, 0.1) is 12.3 Å². The van der Waals surface area contributed by atoms with Crippen molar-refractivity contribution in [2.45, 2.75) is 45.1 Å². The summed E-state index contributed by atoms with van der Waals surface area (Å²) in [5, 5.41) is 12.4. The van der Waals surface area contributed by atoms with Crippen LogP contribution in [0.5, 0.6) is 0 Å². The Labute approximate surface area is 152 Å². The van der Waals surface area contributed by atoms with Crippen LogP contribution in [0.25, 0.3) is 10.9 Å². The number of aromatic nitrogens is 1. The largest absolute Gasteiger partial charge is 1.00 e. The molecule has 2 heterocycles. The van der Waals surface area contributed by atoms with Gasteiger partial charge in [-0.15, -0.1) is 0 Å². The van der Waals surface area contributed by atoms with Crippen LogP contribution >= 0.6 is 0 Å². The van der Waals surface area contributed by atoms with Crippen LogP contribution in [0.3, 0.4) is 0 Å². The van der Waals surface area contributed by atoms with Gasteiger partial charge in [-0.25, -0.2) is 0 Å². The normalized spacial score (nSPS) is 20.5. The van der Waals surface area contributed by atoms with E-state index in [1.54, 1.807) is 0 Å². The van der Waals surface area contributed by atoms with E-state index in [2.05, 4.69) is 30.1 Å². The van der Waals surface area contributed by atoms with Crippen LogP contribution < -0.4 is 34.7 Å². The van der Waals surface area contributed by atoms with Crippen LogP contribution in [-0.2, 0) is 28.0 Å². The molecule has 2 aromatic rings. The van der Waals surface area contributed by atoms with Crippen molar-refractivity contribution in [3.05, 3.63) is 35.0 Å². The fraction of sp³-hybridized carbons (Fsp3) is 0.471. The number of aryl methyl sites for hydroxylation is 1. The monoisotopic (exact) mass is 309 g/mol. The number of carbonyl (C=O) groups excluding carboxylic acids is 1. The Morgan fingerprint density at radius 1 is 1.41 bits per heavy atom. The molecule has 0 fully saturated rings. The van der Waals surface area contributed by atoms with Gasteiger partial charge in [-0.05, 0) is 30.4 Å². The van der Waals surface area contributed by atoms with E-state index in [0.717, 1.165) is 24.1 Å². The Kier molecular flexibility index (Phi) is 5.38. The van der Waals surface area contributed by atoms with Crippen LogP contribution in [0.15, 0.2) is 18.2 Å². The molecular weight excluding hydrogens is 289 g/mol. The average molecular weight is 309 g/mol. The average Bonchev–Trinajstić information content (AvgIpc) is 2.87. The van der Waals surface area contributed by atoms with E-state index < -0.39 is 11.6 Å². The first kappa shape index (κ1) is 17.5. The second-order valence-electron chi connectivity index (χ2n) is 5.67. The van der Waals surface area contributed by atoms with E-state index in [1.807, 2.05) is 6.92 Å². The van der Waals surface area contributed by atoms with Crippen LogP contribution in [0.2, 0.25) is 0 Å². The molecule has 112 valence electrons. The summed E-state index contributed by atoms with van der Waals surface area (Å²) in [5.74, 6) is -1.07. The Balaban J connectivity index is 0.00000176. The van der Waals surface area contributed by atoms with Gasteiger partial charge in [-0.1, -0.05) is 32.0 Å². The number of fused-ring (bicyclic) bond motifs is 3. The minimum atomic E-state index is -1.07. The maximum absolute atomic E-state index is 11.2. The number of aromatic amines is 1. The fourth-order valence-electron chi connectivity index (χ4n) is 3.47. The van der Waals surface area contributed by atoms with E-state index >= 15 is 0 Å². The molecule has 3 rings (SSSR count). The molecule has 1 aliphatic rings. The zero-order chi connectivity index (χ0) is 15.0. The standard InChI is InChI=1S/C17H21NO3.Na/c1-3-11-6-5-7-12-13-8-9-21-17(4-2,10-14(19)20)16(13)18-15(11)12;/h5-7,18H,3-4,8-10H2,1-2H3,(H,19,20);/q;+1/p-1/t17-;/m1./s1. The number of ether oxygens (including phenoxy) is 1. The predicted octanol–water partition coefficient (Wildman–Crippen LogP) is -0.948. The first-order chi connectivity index (χ1) is 10.1. The predicted molar refractivity (Wildman–Crippen MR) is 78.9 cm³/mol. The number of carboxylic acid groups (broad SMARTS) is 1. The molecule has 0 bridgehead atoms. The number of carbonyl (C=O) groups is 1. The SMILES string of the molecule is CCc1cccc2c3c([nH]c12)[C@@](CC)(CC(=O)[O-])OCC3.[Na+]. The Hall–Kier alpha value is -0.810. The number of benzene rings is 1. The summed E-state index contributed by atoms with van der Waals surface area (Å²) in [4.78, 5) is 14.6. The summed E-state index contributed by atoms with van der Waals surface area (Å²) in [6.07, 6.45) is 2.27. The molecule has 0 radical (unpaired) electrons. The molecule has 1 aromatic carbocycles. The topological polar surface area (TPSA) is 65.2 Å². The number of nitrogens with one attached hydrogen (secondary N) is 1. The number of hydrogen-bond acceptors (Lipinski definition) is 3. The smallest absolute Gasteiger partial charge is 0.550 e. The second kappa shape index (κ2) is 6.75. The molecule has 1 aliphatic heterocycles. The molecular formula is C17H20NNaO3. The maximum atomic E-state index is 11.2. The summed E-state index contributed by atoms with van der Waals surface area (Å²) in [6, 6.07) is 6.28. The summed E-state index contributed by atoms with van der Waals surface area (Å²) >= 11 is 0. The summed E-state index contributed by atoms with van der Waals surface area (Å²) in [6.45, 7) is 4.64. The Morgan fingerprint density at radius 2 is 2.18 bits per heavy atom. The Morgan fingerprint density at radius 3 is 2.82 bits per heavy atom. The van der Waals surface area contributed by atoms with Crippen LogP contribution in [-0.4, -0.2) is 17.6 Å². The van der Waals surface area contributed by atoms with Crippen molar-refractivity contribution in [2.24, 2.45) is 0 Å². The van der Waals surface area contributed by atoms with Gasteiger partial charge in [0.25, 0.3) is 0 Å². The number of aliphatic carboxylic acids is 1. The minimum Gasteiger partial charge on any atom is -0.550 e. The van der Waals surface area contributed by atoms with E-state index in [9.17, 15) is 9.90 Å². The molecule has 0 unspecified atom stereocenters. The molecule has 1 atom stereocenters. The fourth-order valence-corrected chi connectivity index (χ4v) is 3.47. The molecule has 5 heteroatoms. The molecule has 22 heavy (non-hydrogen) atoms. The third-order valence-corrected chi connectivity index (χ3v) is 4.60. The van der Waals surface area contributed by atoms with Crippen LogP contribution in [0.4, 0.5) is 0 Å². The van der Waals surface area contributed by atoms with E-state index in [0.29, 0.717) is 13.0 Å². The third-order valence-electron chi connectivity index (χ3n) is 4.60. The van der Waals surface area contributed by atoms with Gasteiger partial charge in [0.15, 0.2) is 0 Å². The molecule has 0 spiro atoms. The summed E-state index contributed by atoms with van der Waals surface area (Å²) in [7, 11) is 0. The minimum absolute atomic E-state index is 0. The van der Waals surface area contributed by atoms with Gasteiger partial charge in [0, 0.05) is 23.3 Å². The second-order valence-corrected chi connectivity index (χ2v) is 5.67. The maximum Gasteiger partial charge on any atom is 1.00 e. The molecule has 0 amide bonds. The number of rotatable bonds is 4. The van der Waals surface area contributed by atoms with Crippen LogP contribution in [0.1, 0.15) is 43.5 Å². The van der Waals surface area contributed by atoms with Gasteiger partial charge in [0.2, 0.25) is 0 Å². The van der Waals surface area contributed by atoms with Crippen molar-refractivity contribution in [3.8, 4) is 0 Å². The molecule has 0 saturated carbocycles. The van der Waals surface area contributed by atoms with E-state index in [4.69, 9.17) is 4.74 Å². The number of para-hydroxylation sites is 1. The van der Waals surface area contributed by atoms with Crippen molar-refractivity contribution in [1.82, 2.24) is 4.98 Å². The number of H-pyrrole nitrogens is 1. The van der Waals surface area contributed by atoms with Gasteiger partial charge >= 0.3 is 29.6 Å². The van der Waals surface area contributed by atoms with Gasteiger partial charge < -0.3 is 19.6 Å². The zero-order valence-electron chi connectivity index (χ0n) is 13.5. The van der Waals surface area contributed by atoms with Crippen LogP contribution in [0, 0.1) is 0 Å². The number of hydrogen-bond donors (Lipinski definition) is 1. The van der Waals surface area contributed by atoms with Crippen molar-refractivity contribution in [1.29, 1.82) is 0 Å². The summed E-state index contributed by atoms with van der Waals surface area (Å²) in [5.41, 5.74) is 3.72. The Bertz CT molecular complexity index is 695. The first-order valence-electron chi connectivity index (χ1n) is 7.58. The van der Waals surface area contributed by atoms with E-state index in [1.165, 1.54) is 16.5 Å². The quantitative estimate of drug-likeness (QED) is 0.741. The molecule has 1 aromatic heterocycles. The molecule has 4 nitrogen and oxygen atoms in total. The number of carboxylic acids is 1. The van der Waals surface area contributed by atoms with Crippen molar-refractivity contribution in [2.75, 3.05) is 6.61 Å². The molecule has 0 saturated heterocycles. The van der Waals surface area contributed by atoms with Gasteiger partial charge in [0.1, 0.15) is 5.60 Å². The van der Waals surface area contributed by atoms with Crippen molar-refractivity contribution >= 4 is 16.9 Å². The van der Waals surface area contributed by atoms with E-state index in [-0.39, 0.29) is 36.0 Å².